The molecule has 0 radical (unpaired) electrons. The van der Waals surface area contributed by atoms with Gasteiger partial charge in [-0.25, -0.2) is 0 Å². The van der Waals surface area contributed by atoms with Crippen LogP contribution < -0.4 is 5.32 Å². The Hall–Kier alpha value is -0.960. The van der Waals surface area contributed by atoms with Gasteiger partial charge in [-0.05, 0) is 24.3 Å². The Kier molecular flexibility index (Phi) is 4.44. The first-order valence-electron chi connectivity index (χ1n) is 7.42. The van der Waals surface area contributed by atoms with Crippen LogP contribution >= 0.6 is 11.8 Å². The molecule has 1 saturated carbocycles. The van der Waals surface area contributed by atoms with Gasteiger partial charge in [0.05, 0.1) is 11.8 Å². The van der Waals surface area contributed by atoms with Crippen molar-refractivity contribution in [1.29, 1.82) is 0 Å². The van der Waals surface area contributed by atoms with Crippen LogP contribution in [0.2, 0.25) is 0 Å². The second-order valence-corrected chi connectivity index (χ2v) is 6.74. The summed E-state index contributed by atoms with van der Waals surface area (Å²) in [7, 11) is 0. The maximum atomic E-state index is 4.65. The molecule has 0 saturated heterocycles. The fraction of sp³-hybridized carbons (Fsp3) is 0.562. The molecule has 1 aromatic rings. The molecule has 0 amide bonds. The topological polar surface area (TPSA) is 24.4 Å². The summed E-state index contributed by atoms with van der Waals surface area (Å²) < 4.78 is 0. The van der Waals surface area contributed by atoms with Gasteiger partial charge in [0.25, 0.3) is 0 Å². The molecule has 2 aliphatic rings. The van der Waals surface area contributed by atoms with Crippen molar-refractivity contribution in [1.82, 2.24) is 5.32 Å². The van der Waals surface area contributed by atoms with E-state index in [1.165, 1.54) is 37.7 Å². The molecule has 1 heterocycles. The number of benzene rings is 1. The van der Waals surface area contributed by atoms with Crippen LogP contribution in [0.4, 0.5) is 0 Å². The van der Waals surface area contributed by atoms with Gasteiger partial charge in [0.1, 0.15) is 0 Å². The fourth-order valence-electron chi connectivity index (χ4n) is 2.94. The summed E-state index contributed by atoms with van der Waals surface area (Å²) in [5.41, 5.74) is 1.39. The van der Waals surface area contributed by atoms with Crippen molar-refractivity contribution in [2.45, 2.75) is 37.4 Å². The minimum absolute atomic E-state index is 0.509. The SMILES string of the molecule is c1ccc(C2CN=C(NCC3CCCCC3)S2)cc1. The van der Waals surface area contributed by atoms with Crippen LogP contribution in [0, 0.1) is 5.92 Å². The normalized spacial score (nSPS) is 24.2. The summed E-state index contributed by atoms with van der Waals surface area (Å²) in [6.45, 7) is 2.04. The first-order valence-corrected chi connectivity index (χ1v) is 8.30. The van der Waals surface area contributed by atoms with Gasteiger partial charge < -0.3 is 5.32 Å². The predicted molar refractivity (Wildman–Crippen MR) is 83.7 cm³/mol. The van der Waals surface area contributed by atoms with Crippen molar-refractivity contribution < 1.29 is 0 Å². The third kappa shape index (κ3) is 3.53. The summed E-state index contributed by atoms with van der Waals surface area (Å²) in [6.07, 6.45) is 7.06. The Morgan fingerprint density at radius 2 is 1.89 bits per heavy atom. The molecule has 1 N–H and O–H groups in total. The molecule has 2 nitrogen and oxygen atoms in total. The van der Waals surface area contributed by atoms with Gasteiger partial charge in [0, 0.05) is 6.54 Å². The molecule has 0 aromatic heterocycles. The Balaban J connectivity index is 1.46. The van der Waals surface area contributed by atoms with Gasteiger partial charge >= 0.3 is 0 Å². The summed E-state index contributed by atoms with van der Waals surface area (Å²) in [6, 6.07) is 10.7. The number of amidine groups is 1. The van der Waals surface area contributed by atoms with Crippen molar-refractivity contribution in [2.75, 3.05) is 13.1 Å². The second kappa shape index (κ2) is 6.47. The lowest BCUT2D eigenvalue weighted by molar-refractivity contribution is 0.357. The molecular formula is C16H22N2S. The highest BCUT2D eigenvalue weighted by molar-refractivity contribution is 8.14. The maximum absolute atomic E-state index is 4.65. The van der Waals surface area contributed by atoms with E-state index in [0.29, 0.717) is 5.25 Å². The Morgan fingerprint density at radius 1 is 1.11 bits per heavy atom. The third-order valence-electron chi connectivity index (χ3n) is 4.09. The highest BCUT2D eigenvalue weighted by Crippen LogP contribution is 2.34. The number of nitrogens with one attached hydrogen (secondary N) is 1. The van der Waals surface area contributed by atoms with E-state index in [0.717, 1.165) is 24.2 Å². The molecule has 1 atom stereocenters. The summed E-state index contributed by atoms with van der Waals surface area (Å²) >= 11 is 1.89. The van der Waals surface area contributed by atoms with Crippen LogP contribution in [0.1, 0.15) is 42.9 Å². The highest BCUT2D eigenvalue weighted by Gasteiger charge is 2.22. The summed E-state index contributed by atoms with van der Waals surface area (Å²) in [5.74, 6) is 0.868. The van der Waals surface area contributed by atoms with Crippen LogP contribution in [0.3, 0.4) is 0 Å². The molecule has 1 fully saturated rings. The molecule has 1 aliphatic heterocycles. The number of aliphatic imine (C=N–C) groups is 1. The lowest BCUT2D eigenvalue weighted by atomic mass is 9.89. The van der Waals surface area contributed by atoms with E-state index >= 15 is 0 Å². The van der Waals surface area contributed by atoms with E-state index in [1.807, 2.05) is 11.8 Å². The first kappa shape index (κ1) is 13.0. The third-order valence-corrected chi connectivity index (χ3v) is 5.30. The van der Waals surface area contributed by atoms with Gasteiger partial charge in [-0.3, -0.25) is 4.99 Å². The second-order valence-electron chi connectivity index (χ2n) is 5.55. The van der Waals surface area contributed by atoms with Crippen molar-refractivity contribution in [3.05, 3.63) is 35.9 Å². The van der Waals surface area contributed by atoms with Gasteiger partial charge in [-0.1, -0.05) is 61.4 Å². The van der Waals surface area contributed by atoms with E-state index in [1.54, 1.807) is 0 Å². The van der Waals surface area contributed by atoms with Crippen LogP contribution in [-0.4, -0.2) is 18.3 Å². The maximum Gasteiger partial charge on any atom is 0.157 e. The van der Waals surface area contributed by atoms with Crippen molar-refractivity contribution in [3.8, 4) is 0 Å². The quantitative estimate of drug-likeness (QED) is 0.901. The molecule has 3 heteroatoms. The Morgan fingerprint density at radius 3 is 2.68 bits per heavy atom. The van der Waals surface area contributed by atoms with E-state index in [9.17, 15) is 0 Å². The van der Waals surface area contributed by atoms with Crippen LogP contribution in [-0.2, 0) is 0 Å². The van der Waals surface area contributed by atoms with Gasteiger partial charge in [0.15, 0.2) is 5.17 Å². The highest BCUT2D eigenvalue weighted by atomic mass is 32.2. The van der Waals surface area contributed by atoms with Crippen LogP contribution in [0.25, 0.3) is 0 Å². The fourth-order valence-corrected chi connectivity index (χ4v) is 3.96. The largest absolute Gasteiger partial charge is 0.365 e. The zero-order chi connectivity index (χ0) is 12.9. The molecule has 19 heavy (non-hydrogen) atoms. The molecule has 0 bridgehead atoms. The molecule has 0 spiro atoms. The Bertz CT molecular complexity index is 424. The van der Waals surface area contributed by atoms with Gasteiger partial charge in [-0.15, -0.1) is 0 Å². The average Bonchev–Trinajstić information content (AvgIpc) is 2.96. The first-order chi connectivity index (χ1) is 9.42. The number of hydrogen-bond donors (Lipinski definition) is 1. The smallest absolute Gasteiger partial charge is 0.157 e. The molecule has 3 rings (SSSR count). The van der Waals surface area contributed by atoms with E-state index < -0.39 is 0 Å². The van der Waals surface area contributed by atoms with Crippen molar-refractivity contribution >= 4 is 16.9 Å². The molecule has 102 valence electrons. The minimum Gasteiger partial charge on any atom is -0.365 e. The zero-order valence-electron chi connectivity index (χ0n) is 11.3. The van der Waals surface area contributed by atoms with Crippen molar-refractivity contribution in [3.63, 3.8) is 0 Å². The predicted octanol–water partition coefficient (Wildman–Crippen LogP) is 4.00. The van der Waals surface area contributed by atoms with Crippen molar-refractivity contribution in [2.24, 2.45) is 10.9 Å². The van der Waals surface area contributed by atoms with Gasteiger partial charge in [0.2, 0.25) is 0 Å². The van der Waals surface area contributed by atoms with E-state index in [4.69, 9.17) is 0 Å². The van der Waals surface area contributed by atoms with E-state index in [2.05, 4.69) is 40.6 Å². The minimum atomic E-state index is 0.509. The number of rotatable bonds is 3. The number of hydrogen-bond acceptors (Lipinski definition) is 3. The average molecular weight is 274 g/mol. The van der Waals surface area contributed by atoms with E-state index in [-0.39, 0.29) is 0 Å². The summed E-state index contributed by atoms with van der Waals surface area (Å²) in [4.78, 5) is 4.65. The monoisotopic (exact) mass is 274 g/mol. The van der Waals surface area contributed by atoms with Gasteiger partial charge in [-0.2, -0.15) is 0 Å². The number of thioether (sulfide) groups is 1. The summed E-state index contributed by atoms with van der Waals surface area (Å²) in [5, 5.41) is 5.23. The lowest BCUT2D eigenvalue weighted by Gasteiger charge is -2.22. The van der Waals surface area contributed by atoms with Crippen LogP contribution in [0.5, 0.6) is 0 Å². The lowest BCUT2D eigenvalue weighted by Crippen LogP contribution is -2.27. The standard InChI is InChI=1S/C16H22N2S/c1-3-7-13(8-4-1)11-17-16-18-12-15(19-16)14-9-5-2-6-10-14/h2,5-6,9-10,13,15H,1,3-4,7-8,11-12H2,(H,17,18). The van der Waals surface area contributed by atoms with Crippen LogP contribution in [0.15, 0.2) is 35.3 Å². The molecule has 1 aliphatic carbocycles. The number of nitrogens with zero attached hydrogens (tertiary/aromatic N) is 1. The Labute approximate surface area is 120 Å². The zero-order valence-corrected chi connectivity index (χ0v) is 12.2. The molecular weight excluding hydrogens is 252 g/mol. The molecule has 1 aromatic carbocycles. The molecule has 1 unspecified atom stereocenters.